The fourth-order valence-corrected chi connectivity index (χ4v) is 1.67. The summed E-state index contributed by atoms with van der Waals surface area (Å²) in [6, 6.07) is 1.15. The number of alkyl halides is 3. The molecular formula is C9H13F3N2O3S. The molecule has 0 aliphatic rings. The highest BCUT2D eigenvalue weighted by Gasteiger charge is 2.49. The highest BCUT2D eigenvalue weighted by Crippen LogP contribution is 2.27. The lowest BCUT2D eigenvalue weighted by Crippen LogP contribution is -2.28. The lowest BCUT2D eigenvalue weighted by molar-refractivity contribution is -0.0502. The van der Waals surface area contributed by atoms with Crippen LogP contribution in [0.3, 0.4) is 0 Å². The second-order valence-corrected chi connectivity index (χ2v) is 5.22. The molecule has 0 amide bonds. The first-order chi connectivity index (χ1) is 8.17. The molecule has 0 aromatic carbocycles. The van der Waals surface area contributed by atoms with Crippen molar-refractivity contribution in [2.24, 2.45) is 0 Å². The quantitative estimate of drug-likeness (QED) is 0.615. The van der Waals surface area contributed by atoms with E-state index in [0.29, 0.717) is 18.7 Å². The standard InChI is InChI=1S/C9H13F3N2O3S/c1-3-4-5-14-8(6-7(2)13-14)17-18(15,16)9(10,11)12/h6H,3-5H2,1-2H3. The molecule has 1 aromatic rings. The monoisotopic (exact) mass is 286 g/mol. The lowest BCUT2D eigenvalue weighted by atomic mass is 10.3. The van der Waals surface area contributed by atoms with Crippen LogP contribution < -0.4 is 4.18 Å². The summed E-state index contributed by atoms with van der Waals surface area (Å²) in [5.41, 5.74) is -5.06. The number of hydrogen-bond acceptors (Lipinski definition) is 4. The first-order valence-corrected chi connectivity index (χ1v) is 6.63. The maximum Gasteiger partial charge on any atom is 0.534 e. The van der Waals surface area contributed by atoms with Gasteiger partial charge in [-0.25, -0.2) is 4.68 Å². The molecule has 0 N–H and O–H groups in total. The van der Waals surface area contributed by atoms with Crippen molar-refractivity contribution in [1.82, 2.24) is 9.78 Å². The summed E-state index contributed by atoms with van der Waals surface area (Å²) < 4.78 is 63.4. The minimum atomic E-state index is -5.65. The molecule has 0 radical (unpaired) electrons. The Morgan fingerprint density at radius 2 is 2.06 bits per heavy atom. The molecule has 1 aromatic heterocycles. The van der Waals surface area contributed by atoms with Gasteiger partial charge in [0.1, 0.15) is 0 Å². The van der Waals surface area contributed by atoms with E-state index in [2.05, 4.69) is 9.28 Å². The van der Waals surface area contributed by atoms with Crippen LogP contribution in [0.4, 0.5) is 13.2 Å². The number of nitrogens with zero attached hydrogens (tertiary/aromatic N) is 2. The van der Waals surface area contributed by atoms with E-state index in [1.165, 1.54) is 6.92 Å². The minimum absolute atomic E-state index is 0.299. The van der Waals surface area contributed by atoms with Crippen LogP contribution in [0.25, 0.3) is 0 Å². The molecule has 0 bridgehead atoms. The fourth-order valence-electron chi connectivity index (χ4n) is 1.22. The first kappa shape index (κ1) is 14.8. The van der Waals surface area contributed by atoms with Crippen molar-refractivity contribution in [1.29, 1.82) is 0 Å². The third-order valence-corrected chi connectivity index (χ3v) is 3.02. The SMILES string of the molecule is CCCCn1nc(C)cc1OS(=O)(=O)C(F)(F)F. The zero-order chi connectivity index (χ0) is 14.0. The van der Waals surface area contributed by atoms with E-state index < -0.39 is 21.5 Å². The smallest absolute Gasteiger partial charge is 0.356 e. The number of aromatic nitrogens is 2. The zero-order valence-corrected chi connectivity index (χ0v) is 10.7. The van der Waals surface area contributed by atoms with Gasteiger partial charge in [0.25, 0.3) is 0 Å². The highest BCUT2D eigenvalue weighted by atomic mass is 32.2. The molecule has 9 heteroatoms. The summed E-state index contributed by atoms with van der Waals surface area (Å²) in [5, 5.41) is 3.87. The molecule has 18 heavy (non-hydrogen) atoms. The molecule has 0 saturated heterocycles. The fraction of sp³-hybridized carbons (Fsp3) is 0.667. The van der Waals surface area contributed by atoms with Crippen LogP contribution in [-0.2, 0) is 16.7 Å². The lowest BCUT2D eigenvalue weighted by Gasteiger charge is -2.10. The van der Waals surface area contributed by atoms with Crippen LogP contribution in [0.15, 0.2) is 6.07 Å². The molecule has 0 unspecified atom stereocenters. The molecule has 0 fully saturated rings. The summed E-state index contributed by atoms with van der Waals surface area (Å²) in [4.78, 5) is 0. The average Bonchev–Trinajstić information content (AvgIpc) is 2.53. The van der Waals surface area contributed by atoms with E-state index in [-0.39, 0.29) is 0 Å². The normalized spacial score (nSPS) is 12.7. The third kappa shape index (κ3) is 3.37. The predicted octanol–water partition coefficient (Wildman–Crippen LogP) is 2.22. The van der Waals surface area contributed by atoms with E-state index in [1.807, 2.05) is 6.92 Å². The van der Waals surface area contributed by atoms with Crippen LogP contribution in [0, 0.1) is 6.92 Å². The summed E-state index contributed by atoms with van der Waals surface area (Å²) in [6.07, 6.45) is 1.45. The molecular weight excluding hydrogens is 273 g/mol. The molecule has 1 rings (SSSR count). The highest BCUT2D eigenvalue weighted by molar-refractivity contribution is 7.87. The summed E-state index contributed by atoms with van der Waals surface area (Å²) in [7, 11) is -5.65. The Hall–Kier alpha value is -1.25. The van der Waals surface area contributed by atoms with Gasteiger partial charge in [0.2, 0.25) is 5.88 Å². The van der Waals surface area contributed by atoms with E-state index in [0.717, 1.165) is 17.2 Å². The topological polar surface area (TPSA) is 61.2 Å². The van der Waals surface area contributed by atoms with Gasteiger partial charge in [-0.3, -0.25) is 0 Å². The Bertz CT molecular complexity index is 508. The largest absolute Gasteiger partial charge is 0.534 e. The van der Waals surface area contributed by atoms with Gasteiger partial charge >= 0.3 is 15.6 Å². The van der Waals surface area contributed by atoms with Crippen molar-refractivity contribution in [3.05, 3.63) is 11.8 Å². The second kappa shape index (κ2) is 5.17. The van der Waals surface area contributed by atoms with Crippen molar-refractivity contribution in [3.8, 4) is 5.88 Å². The van der Waals surface area contributed by atoms with Crippen molar-refractivity contribution in [2.45, 2.75) is 38.7 Å². The maximum absolute atomic E-state index is 12.2. The van der Waals surface area contributed by atoms with Crippen LogP contribution in [-0.4, -0.2) is 23.7 Å². The number of aryl methyl sites for hydroxylation is 2. The summed E-state index contributed by atoms with van der Waals surface area (Å²) in [5.74, 6) is -0.418. The Balaban J connectivity index is 2.97. The molecule has 1 heterocycles. The minimum Gasteiger partial charge on any atom is -0.356 e. The number of halogens is 3. The first-order valence-electron chi connectivity index (χ1n) is 5.22. The average molecular weight is 286 g/mol. The number of unbranched alkanes of at least 4 members (excludes halogenated alkanes) is 1. The molecule has 5 nitrogen and oxygen atoms in total. The van der Waals surface area contributed by atoms with Gasteiger partial charge in [-0.05, 0) is 13.3 Å². The molecule has 0 spiro atoms. The van der Waals surface area contributed by atoms with E-state index in [4.69, 9.17) is 0 Å². The summed E-state index contributed by atoms with van der Waals surface area (Å²) in [6.45, 7) is 3.73. The summed E-state index contributed by atoms with van der Waals surface area (Å²) >= 11 is 0. The Labute approximate surface area is 103 Å². The van der Waals surface area contributed by atoms with Crippen molar-refractivity contribution in [2.75, 3.05) is 0 Å². The number of hydrogen-bond donors (Lipinski definition) is 0. The van der Waals surface area contributed by atoms with Gasteiger partial charge in [0.15, 0.2) is 0 Å². The van der Waals surface area contributed by atoms with Gasteiger partial charge in [0, 0.05) is 12.6 Å². The van der Waals surface area contributed by atoms with Crippen LogP contribution in [0.1, 0.15) is 25.5 Å². The van der Waals surface area contributed by atoms with Crippen molar-refractivity contribution >= 4 is 10.1 Å². The van der Waals surface area contributed by atoms with E-state index in [9.17, 15) is 21.6 Å². The Morgan fingerprint density at radius 3 is 2.56 bits per heavy atom. The zero-order valence-electron chi connectivity index (χ0n) is 9.86. The van der Waals surface area contributed by atoms with Crippen molar-refractivity contribution in [3.63, 3.8) is 0 Å². The Morgan fingerprint density at radius 1 is 1.44 bits per heavy atom. The van der Waals surface area contributed by atoms with Gasteiger partial charge in [-0.15, -0.1) is 0 Å². The van der Waals surface area contributed by atoms with Gasteiger partial charge < -0.3 is 4.18 Å². The van der Waals surface area contributed by atoms with E-state index in [1.54, 1.807) is 0 Å². The molecule has 0 atom stereocenters. The van der Waals surface area contributed by atoms with Gasteiger partial charge in [-0.2, -0.15) is 26.7 Å². The molecule has 0 saturated carbocycles. The maximum atomic E-state index is 12.2. The third-order valence-electron chi connectivity index (χ3n) is 2.07. The Kier molecular flexibility index (Phi) is 4.25. The molecule has 104 valence electrons. The van der Waals surface area contributed by atoms with Crippen LogP contribution >= 0.6 is 0 Å². The van der Waals surface area contributed by atoms with Gasteiger partial charge in [-0.1, -0.05) is 13.3 Å². The number of rotatable bonds is 5. The van der Waals surface area contributed by atoms with Crippen molar-refractivity contribution < 1.29 is 25.8 Å². The van der Waals surface area contributed by atoms with Crippen LogP contribution in [0.5, 0.6) is 5.88 Å². The molecule has 0 aliphatic heterocycles. The van der Waals surface area contributed by atoms with Gasteiger partial charge in [0.05, 0.1) is 5.69 Å². The predicted molar refractivity (Wildman–Crippen MR) is 57.5 cm³/mol. The molecule has 0 aliphatic carbocycles. The van der Waals surface area contributed by atoms with E-state index >= 15 is 0 Å². The van der Waals surface area contributed by atoms with Crippen LogP contribution in [0.2, 0.25) is 0 Å². The second-order valence-electron chi connectivity index (χ2n) is 3.68.